The maximum Gasteiger partial charge on any atom is 0.416 e. The average Bonchev–Trinajstić information content (AvgIpc) is 3.15. The quantitative estimate of drug-likeness (QED) is 0.920. The highest BCUT2D eigenvalue weighted by Gasteiger charge is 2.60. The molecule has 5 nitrogen and oxygen atoms in total. The molecule has 0 amide bonds. The van der Waals surface area contributed by atoms with E-state index in [0.29, 0.717) is 18.7 Å². The molecule has 2 aliphatic rings. The number of aliphatic hydroxyl groups excluding tert-OH is 1. The summed E-state index contributed by atoms with van der Waals surface area (Å²) in [6.07, 6.45) is -5.01. The summed E-state index contributed by atoms with van der Waals surface area (Å²) < 4.78 is 43.7. The van der Waals surface area contributed by atoms with Crippen LogP contribution in [0.3, 0.4) is 0 Å². The summed E-state index contributed by atoms with van der Waals surface area (Å²) in [7, 11) is 1.37. The third-order valence-corrected chi connectivity index (χ3v) is 4.36. The molecular weight excluding hydrogens is 299 g/mol. The highest BCUT2D eigenvalue weighted by Crippen LogP contribution is 2.53. The molecule has 22 heavy (non-hydrogen) atoms. The monoisotopic (exact) mass is 313 g/mol. The molecule has 2 heterocycles. The number of nitrogens with zero attached hydrogens (tertiary/aromatic N) is 3. The van der Waals surface area contributed by atoms with E-state index < -0.39 is 18.3 Å². The minimum atomic E-state index is -4.66. The van der Waals surface area contributed by atoms with E-state index in [2.05, 4.69) is 4.98 Å². The van der Waals surface area contributed by atoms with E-state index in [0.717, 1.165) is 0 Å². The number of piperidine rings is 1. The summed E-state index contributed by atoms with van der Waals surface area (Å²) in [6, 6.07) is 2.34. The van der Waals surface area contributed by atoms with Crippen LogP contribution in [0.5, 0.6) is 5.75 Å². The lowest BCUT2D eigenvalue weighted by Crippen LogP contribution is -2.49. The van der Waals surface area contributed by atoms with Gasteiger partial charge in [-0.2, -0.15) is 18.4 Å². The lowest BCUT2D eigenvalue weighted by atomic mass is 10.1. The Balaban J connectivity index is 1.92. The Kier molecular flexibility index (Phi) is 3.40. The smallest absolute Gasteiger partial charge is 0.416 e. The highest BCUT2D eigenvalue weighted by atomic mass is 19.4. The molecule has 118 valence electrons. The highest BCUT2D eigenvalue weighted by molar-refractivity contribution is 5.55. The van der Waals surface area contributed by atoms with Gasteiger partial charge in [-0.3, -0.25) is 0 Å². The van der Waals surface area contributed by atoms with Crippen molar-refractivity contribution < 1.29 is 23.0 Å². The van der Waals surface area contributed by atoms with Crippen LogP contribution < -0.4 is 9.64 Å². The van der Waals surface area contributed by atoms with Crippen LogP contribution in [-0.4, -0.2) is 42.1 Å². The summed E-state index contributed by atoms with van der Waals surface area (Å²) in [5, 5.41) is 18.6. The molecule has 4 atom stereocenters. The Labute approximate surface area is 124 Å². The summed E-state index contributed by atoms with van der Waals surface area (Å²) in [6.45, 7) is 0.444. The Hall–Kier alpha value is -2.01. The second-order valence-electron chi connectivity index (χ2n) is 5.65. The predicted octanol–water partition coefficient (Wildman–Crippen LogP) is 1.71. The molecular formula is C14H14F3N3O2. The van der Waals surface area contributed by atoms with Gasteiger partial charge in [0.25, 0.3) is 0 Å². The second-order valence-corrected chi connectivity index (χ2v) is 5.65. The maximum atomic E-state index is 12.9. The first-order valence-electron chi connectivity index (χ1n) is 6.82. The minimum absolute atomic E-state index is 0.0727. The minimum Gasteiger partial charge on any atom is -0.494 e. The number of hydrogen-bond donors (Lipinski definition) is 1. The number of alkyl halides is 3. The van der Waals surface area contributed by atoms with Gasteiger partial charge < -0.3 is 14.7 Å². The molecule has 3 rings (SSSR count). The van der Waals surface area contributed by atoms with Crippen molar-refractivity contribution in [3.05, 3.63) is 18.0 Å². The van der Waals surface area contributed by atoms with Crippen molar-refractivity contribution in [2.45, 2.75) is 24.7 Å². The fraction of sp³-hybridized carbons (Fsp3) is 0.571. The van der Waals surface area contributed by atoms with E-state index in [1.165, 1.54) is 24.3 Å². The van der Waals surface area contributed by atoms with Gasteiger partial charge in [-0.1, -0.05) is 0 Å². The van der Waals surface area contributed by atoms with Gasteiger partial charge in [-0.25, -0.2) is 4.98 Å². The Morgan fingerprint density at radius 3 is 2.86 bits per heavy atom. The number of hydrogen-bond acceptors (Lipinski definition) is 5. The van der Waals surface area contributed by atoms with Crippen LogP contribution in [0.15, 0.2) is 12.3 Å². The van der Waals surface area contributed by atoms with Gasteiger partial charge in [-0.05, 0) is 18.3 Å². The van der Waals surface area contributed by atoms with Crippen molar-refractivity contribution in [1.82, 2.24) is 4.98 Å². The van der Waals surface area contributed by atoms with Gasteiger partial charge in [0.2, 0.25) is 0 Å². The van der Waals surface area contributed by atoms with Crippen LogP contribution in [0.1, 0.15) is 12.1 Å². The van der Waals surface area contributed by atoms with Crippen LogP contribution >= 0.6 is 0 Å². The van der Waals surface area contributed by atoms with E-state index in [1.807, 2.05) is 6.07 Å². The Bertz CT molecular complexity index is 629. The first kappa shape index (κ1) is 14.9. The number of nitriles is 1. The van der Waals surface area contributed by atoms with E-state index in [4.69, 9.17) is 10.00 Å². The SMILES string of the molecule is COc1cc(N2C[C@@H]3CC3[C@@H]2[C@@H](O)C(F)(F)F)cnc1C#N. The van der Waals surface area contributed by atoms with E-state index >= 15 is 0 Å². The molecule has 0 radical (unpaired) electrons. The zero-order valence-electron chi connectivity index (χ0n) is 11.7. The van der Waals surface area contributed by atoms with Crippen molar-refractivity contribution in [2.24, 2.45) is 11.8 Å². The normalized spacial score (nSPS) is 28.0. The van der Waals surface area contributed by atoms with Gasteiger partial charge in [0.1, 0.15) is 6.07 Å². The van der Waals surface area contributed by atoms with Gasteiger partial charge in [-0.15, -0.1) is 0 Å². The zero-order valence-corrected chi connectivity index (χ0v) is 11.7. The van der Waals surface area contributed by atoms with Crippen LogP contribution in [-0.2, 0) is 0 Å². The topological polar surface area (TPSA) is 69.4 Å². The Morgan fingerprint density at radius 2 is 2.27 bits per heavy atom. The summed E-state index contributed by atoms with van der Waals surface area (Å²) in [5.41, 5.74) is 0.500. The fourth-order valence-electron chi connectivity index (χ4n) is 3.21. The molecule has 1 saturated carbocycles. The molecule has 1 aliphatic carbocycles. The fourth-order valence-corrected chi connectivity index (χ4v) is 3.21. The van der Waals surface area contributed by atoms with Crippen molar-refractivity contribution in [2.75, 3.05) is 18.6 Å². The Morgan fingerprint density at radius 1 is 1.55 bits per heavy atom. The zero-order chi connectivity index (χ0) is 16.1. The van der Waals surface area contributed by atoms with Crippen molar-refractivity contribution in [3.63, 3.8) is 0 Å². The molecule has 0 bridgehead atoms. The largest absolute Gasteiger partial charge is 0.494 e. The number of fused-ring (bicyclic) bond motifs is 1. The molecule has 1 saturated heterocycles. The van der Waals surface area contributed by atoms with Gasteiger partial charge in [0, 0.05) is 12.6 Å². The number of methoxy groups -OCH3 is 1. The van der Waals surface area contributed by atoms with Crippen molar-refractivity contribution in [1.29, 1.82) is 5.26 Å². The lowest BCUT2D eigenvalue weighted by Gasteiger charge is -2.33. The molecule has 1 aromatic rings. The average molecular weight is 313 g/mol. The molecule has 1 aromatic heterocycles. The van der Waals surface area contributed by atoms with Gasteiger partial charge in [0.15, 0.2) is 17.5 Å². The van der Waals surface area contributed by atoms with Gasteiger partial charge >= 0.3 is 6.18 Å². The van der Waals surface area contributed by atoms with Gasteiger partial charge in [0.05, 0.1) is 25.0 Å². The molecule has 1 aliphatic heterocycles. The molecule has 0 spiro atoms. The molecule has 8 heteroatoms. The molecule has 2 fully saturated rings. The van der Waals surface area contributed by atoms with Crippen LogP contribution in [0.4, 0.5) is 18.9 Å². The number of rotatable bonds is 3. The van der Waals surface area contributed by atoms with E-state index in [1.54, 1.807) is 0 Å². The van der Waals surface area contributed by atoms with Crippen molar-refractivity contribution >= 4 is 5.69 Å². The first-order valence-corrected chi connectivity index (χ1v) is 6.82. The van der Waals surface area contributed by atoms with Crippen LogP contribution in [0.25, 0.3) is 0 Å². The lowest BCUT2D eigenvalue weighted by molar-refractivity contribution is -0.210. The standard InChI is InChI=1S/C14H14F3N3O2/c1-22-11-3-8(5-19-10(11)4-18)20-6-7-2-9(7)12(20)13(21)14(15,16)17/h3,5,7,9,12-13,21H,2,6H2,1H3/t7-,9?,12+,13+/m0/s1. The number of halogens is 3. The molecule has 1 unspecified atom stereocenters. The molecule has 0 aromatic carbocycles. The number of anilines is 1. The predicted molar refractivity (Wildman–Crippen MR) is 70.3 cm³/mol. The third-order valence-electron chi connectivity index (χ3n) is 4.36. The third kappa shape index (κ3) is 2.35. The number of aromatic nitrogens is 1. The van der Waals surface area contributed by atoms with Crippen LogP contribution in [0, 0.1) is 23.2 Å². The number of ether oxygens (including phenoxy) is 1. The number of pyridine rings is 1. The second kappa shape index (κ2) is 5.02. The first-order chi connectivity index (χ1) is 10.4. The maximum absolute atomic E-state index is 12.9. The summed E-state index contributed by atoms with van der Waals surface area (Å²) in [4.78, 5) is 5.44. The summed E-state index contributed by atoms with van der Waals surface area (Å²) >= 11 is 0. The summed E-state index contributed by atoms with van der Waals surface area (Å²) in [5.74, 6) is 0.225. The van der Waals surface area contributed by atoms with E-state index in [-0.39, 0.29) is 23.3 Å². The van der Waals surface area contributed by atoms with E-state index in [9.17, 15) is 18.3 Å². The molecule has 1 N–H and O–H groups in total. The number of aliphatic hydroxyl groups is 1. The van der Waals surface area contributed by atoms with Crippen LogP contribution in [0.2, 0.25) is 0 Å². The van der Waals surface area contributed by atoms with Crippen molar-refractivity contribution in [3.8, 4) is 11.8 Å².